The molecule has 0 amide bonds. The molecule has 3 heteroatoms. The Kier molecular flexibility index (Phi) is 5.00. The first-order chi connectivity index (χ1) is 5.61. The standard InChI is InChI=1S/C7H7F2P.C2H6/c1-4-2-6(9)7(10)3-5(4)8;1-2/h2-3H,10H2,1H3;1-2H3. The van der Waals surface area contributed by atoms with Gasteiger partial charge in [-0.1, -0.05) is 13.8 Å². The van der Waals surface area contributed by atoms with E-state index in [-0.39, 0.29) is 16.9 Å². The van der Waals surface area contributed by atoms with Gasteiger partial charge < -0.3 is 0 Å². The molecule has 0 aliphatic rings. The van der Waals surface area contributed by atoms with E-state index in [4.69, 9.17) is 0 Å². The second-order valence-corrected chi connectivity index (χ2v) is 2.74. The quantitative estimate of drug-likeness (QED) is 0.552. The van der Waals surface area contributed by atoms with Crippen molar-refractivity contribution in [2.75, 3.05) is 0 Å². The van der Waals surface area contributed by atoms with Gasteiger partial charge in [-0.05, 0) is 24.6 Å². The summed E-state index contributed by atoms with van der Waals surface area (Å²) in [5.41, 5.74) is 0.337. The van der Waals surface area contributed by atoms with Gasteiger partial charge in [0.1, 0.15) is 11.6 Å². The van der Waals surface area contributed by atoms with Crippen LogP contribution in [0.5, 0.6) is 0 Å². The number of hydrogen-bond acceptors (Lipinski definition) is 0. The van der Waals surface area contributed by atoms with Crippen molar-refractivity contribution in [2.24, 2.45) is 0 Å². The van der Waals surface area contributed by atoms with Crippen LogP contribution >= 0.6 is 9.24 Å². The van der Waals surface area contributed by atoms with E-state index < -0.39 is 0 Å². The van der Waals surface area contributed by atoms with Gasteiger partial charge in [0.15, 0.2) is 0 Å². The zero-order chi connectivity index (χ0) is 9.72. The smallest absolute Gasteiger partial charge is 0.130 e. The number of benzene rings is 1. The summed E-state index contributed by atoms with van der Waals surface area (Å²) in [4.78, 5) is 0. The van der Waals surface area contributed by atoms with Gasteiger partial charge in [-0.15, -0.1) is 9.24 Å². The normalized spacial score (nSPS) is 8.83. The average molecular weight is 190 g/mol. The van der Waals surface area contributed by atoms with Gasteiger partial charge in [-0.25, -0.2) is 8.78 Å². The maximum atomic E-state index is 12.6. The maximum absolute atomic E-state index is 12.6. The second kappa shape index (κ2) is 5.21. The van der Waals surface area contributed by atoms with E-state index in [1.54, 1.807) is 0 Å². The fourth-order valence-corrected chi connectivity index (χ4v) is 0.891. The Hall–Kier alpha value is -0.490. The lowest BCUT2D eigenvalue weighted by atomic mass is 10.2. The van der Waals surface area contributed by atoms with Crippen molar-refractivity contribution in [3.63, 3.8) is 0 Å². The van der Waals surface area contributed by atoms with Gasteiger partial charge in [0, 0.05) is 5.30 Å². The van der Waals surface area contributed by atoms with Crippen molar-refractivity contribution in [2.45, 2.75) is 20.8 Å². The van der Waals surface area contributed by atoms with Crippen molar-refractivity contribution >= 4 is 14.5 Å². The molecular formula is C9H13F2P. The zero-order valence-corrected chi connectivity index (χ0v) is 8.64. The number of hydrogen-bond donors (Lipinski definition) is 0. The Morgan fingerprint density at radius 3 is 2.00 bits per heavy atom. The molecule has 0 nitrogen and oxygen atoms in total. The average Bonchev–Trinajstić information content (AvgIpc) is 2.05. The highest BCUT2D eigenvalue weighted by atomic mass is 31.0. The molecule has 1 aromatic carbocycles. The molecule has 0 fully saturated rings. The van der Waals surface area contributed by atoms with Gasteiger partial charge in [-0.2, -0.15) is 0 Å². The number of halogens is 2. The Balaban J connectivity index is 0.000000561. The molecule has 0 spiro atoms. The van der Waals surface area contributed by atoms with E-state index in [0.717, 1.165) is 6.07 Å². The molecule has 12 heavy (non-hydrogen) atoms. The van der Waals surface area contributed by atoms with Gasteiger partial charge in [-0.3, -0.25) is 0 Å². The SMILES string of the molecule is CC.Cc1cc(F)c(P)cc1F. The van der Waals surface area contributed by atoms with Crippen molar-refractivity contribution in [1.82, 2.24) is 0 Å². The molecule has 1 aromatic rings. The van der Waals surface area contributed by atoms with Crippen LogP contribution < -0.4 is 5.30 Å². The molecular weight excluding hydrogens is 177 g/mol. The summed E-state index contributed by atoms with van der Waals surface area (Å²) in [5, 5.41) is 0.267. The van der Waals surface area contributed by atoms with Crippen LogP contribution in [0.25, 0.3) is 0 Å². The molecule has 0 heterocycles. The third kappa shape index (κ3) is 2.86. The van der Waals surface area contributed by atoms with Gasteiger partial charge in [0.05, 0.1) is 0 Å². The van der Waals surface area contributed by atoms with Crippen LogP contribution in [0.3, 0.4) is 0 Å². The van der Waals surface area contributed by atoms with E-state index in [1.165, 1.54) is 13.0 Å². The van der Waals surface area contributed by atoms with Crippen molar-refractivity contribution in [1.29, 1.82) is 0 Å². The fraction of sp³-hybridized carbons (Fsp3) is 0.333. The highest BCUT2D eigenvalue weighted by molar-refractivity contribution is 7.27. The van der Waals surface area contributed by atoms with E-state index in [1.807, 2.05) is 13.8 Å². The largest absolute Gasteiger partial charge is 0.207 e. The first-order valence-corrected chi connectivity index (χ1v) is 4.40. The highest BCUT2D eigenvalue weighted by Crippen LogP contribution is 2.07. The minimum atomic E-state index is -0.385. The van der Waals surface area contributed by atoms with Crippen LogP contribution in [0.4, 0.5) is 8.78 Å². The molecule has 0 radical (unpaired) electrons. The maximum Gasteiger partial charge on any atom is 0.130 e. The van der Waals surface area contributed by atoms with E-state index in [2.05, 4.69) is 9.24 Å². The molecule has 68 valence electrons. The van der Waals surface area contributed by atoms with Crippen LogP contribution in [0.15, 0.2) is 12.1 Å². The molecule has 0 aliphatic heterocycles. The summed E-state index contributed by atoms with van der Waals surface area (Å²) in [7, 11) is 2.13. The van der Waals surface area contributed by atoms with Gasteiger partial charge >= 0.3 is 0 Å². The lowest BCUT2D eigenvalue weighted by Crippen LogP contribution is -2.00. The molecule has 0 aromatic heterocycles. The minimum absolute atomic E-state index is 0.267. The first kappa shape index (κ1) is 11.5. The summed E-state index contributed by atoms with van der Waals surface area (Å²) in [6.45, 7) is 5.53. The molecule has 0 saturated heterocycles. The van der Waals surface area contributed by atoms with Crippen LogP contribution in [-0.2, 0) is 0 Å². The molecule has 1 rings (SSSR count). The Bertz CT molecular complexity index is 209. The number of aryl methyl sites for hydroxylation is 1. The van der Waals surface area contributed by atoms with Crippen LogP contribution in [0.1, 0.15) is 19.4 Å². The summed E-state index contributed by atoms with van der Waals surface area (Å²) < 4.78 is 25.2. The summed E-state index contributed by atoms with van der Waals surface area (Å²) in [6, 6.07) is 2.34. The van der Waals surface area contributed by atoms with E-state index in [0.29, 0.717) is 5.56 Å². The summed E-state index contributed by atoms with van der Waals surface area (Å²) >= 11 is 0. The Morgan fingerprint density at radius 2 is 1.58 bits per heavy atom. The fourth-order valence-electron chi connectivity index (χ4n) is 0.662. The van der Waals surface area contributed by atoms with E-state index >= 15 is 0 Å². The molecule has 0 N–H and O–H groups in total. The predicted molar refractivity (Wildman–Crippen MR) is 51.8 cm³/mol. The third-order valence-corrected chi connectivity index (χ3v) is 1.72. The number of rotatable bonds is 0. The topological polar surface area (TPSA) is 0 Å². The molecule has 0 saturated carbocycles. The van der Waals surface area contributed by atoms with Gasteiger partial charge in [0.25, 0.3) is 0 Å². The van der Waals surface area contributed by atoms with Crippen LogP contribution in [-0.4, -0.2) is 0 Å². The first-order valence-electron chi connectivity index (χ1n) is 3.82. The van der Waals surface area contributed by atoms with Gasteiger partial charge in [0.2, 0.25) is 0 Å². The molecule has 0 bridgehead atoms. The monoisotopic (exact) mass is 190 g/mol. The summed E-state index contributed by atoms with van der Waals surface area (Å²) in [6.07, 6.45) is 0. The van der Waals surface area contributed by atoms with Crippen molar-refractivity contribution in [3.05, 3.63) is 29.3 Å². The van der Waals surface area contributed by atoms with Crippen LogP contribution in [0, 0.1) is 18.6 Å². The zero-order valence-electron chi connectivity index (χ0n) is 7.49. The van der Waals surface area contributed by atoms with E-state index in [9.17, 15) is 8.78 Å². The lowest BCUT2D eigenvalue weighted by Gasteiger charge is -1.98. The third-order valence-electron chi connectivity index (χ3n) is 1.28. The lowest BCUT2D eigenvalue weighted by molar-refractivity contribution is 0.599. The Labute approximate surface area is 74.2 Å². The minimum Gasteiger partial charge on any atom is -0.207 e. The molecule has 1 unspecified atom stereocenters. The van der Waals surface area contributed by atoms with Crippen molar-refractivity contribution < 1.29 is 8.78 Å². The highest BCUT2D eigenvalue weighted by Gasteiger charge is 2.01. The summed E-state index contributed by atoms with van der Waals surface area (Å²) in [5.74, 6) is -0.754. The predicted octanol–water partition coefficient (Wildman–Crippen LogP) is 2.80. The van der Waals surface area contributed by atoms with Crippen LogP contribution in [0.2, 0.25) is 0 Å². The molecule has 1 atom stereocenters. The Morgan fingerprint density at radius 1 is 1.08 bits per heavy atom. The molecule has 0 aliphatic carbocycles. The van der Waals surface area contributed by atoms with Crippen molar-refractivity contribution in [3.8, 4) is 0 Å². The second-order valence-electron chi connectivity index (χ2n) is 2.12.